The van der Waals surface area contributed by atoms with Gasteiger partial charge in [-0.1, -0.05) is 13.8 Å². The quantitative estimate of drug-likeness (QED) is 0.621. The summed E-state index contributed by atoms with van der Waals surface area (Å²) in [6, 6.07) is 0. The van der Waals surface area contributed by atoms with Crippen molar-refractivity contribution in [3.8, 4) is 0 Å². The van der Waals surface area contributed by atoms with E-state index in [9.17, 15) is 0 Å². The third-order valence-electron chi connectivity index (χ3n) is 3.03. The molecule has 2 nitrogen and oxygen atoms in total. The van der Waals surface area contributed by atoms with Gasteiger partial charge in [-0.3, -0.25) is 0 Å². The Morgan fingerprint density at radius 3 is 1.21 bits per heavy atom. The van der Waals surface area contributed by atoms with Gasteiger partial charge >= 0.3 is 0 Å². The van der Waals surface area contributed by atoms with Gasteiger partial charge in [0.25, 0.3) is 0 Å². The molecule has 2 heteroatoms. The van der Waals surface area contributed by atoms with Crippen LogP contribution in [0.5, 0.6) is 0 Å². The van der Waals surface area contributed by atoms with Crippen LogP contribution in [0.15, 0.2) is 0 Å². The van der Waals surface area contributed by atoms with E-state index in [1.165, 1.54) is 25.9 Å². The summed E-state index contributed by atoms with van der Waals surface area (Å²) in [6.07, 6.45) is 2.64. The predicted molar refractivity (Wildman–Crippen MR) is 64.7 cm³/mol. The maximum absolute atomic E-state index is 2.38. The summed E-state index contributed by atoms with van der Waals surface area (Å²) in [5.74, 6) is 1.69. The molecule has 2 atom stereocenters. The zero-order valence-electron chi connectivity index (χ0n) is 10.9. The molecule has 0 heterocycles. The minimum absolute atomic E-state index is 0.845. The van der Waals surface area contributed by atoms with Gasteiger partial charge in [0.2, 0.25) is 0 Å². The Labute approximate surface area is 90.3 Å². The van der Waals surface area contributed by atoms with Gasteiger partial charge < -0.3 is 9.80 Å². The van der Waals surface area contributed by atoms with Gasteiger partial charge in [0.05, 0.1) is 0 Å². The van der Waals surface area contributed by atoms with Crippen LogP contribution in [0.4, 0.5) is 0 Å². The monoisotopic (exact) mass is 200 g/mol. The van der Waals surface area contributed by atoms with Crippen LogP contribution in [0.2, 0.25) is 0 Å². The Hall–Kier alpha value is -0.0800. The average Bonchev–Trinajstić information content (AvgIpc) is 2.09. The fraction of sp³-hybridized carbons (Fsp3) is 1.00. The van der Waals surface area contributed by atoms with Crippen LogP contribution >= 0.6 is 0 Å². The highest BCUT2D eigenvalue weighted by Gasteiger charge is 2.12. The van der Waals surface area contributed by atoms with Crippen LogP contribution in [0.25, 0.3) is 0 Å². The van der Waals surface area contributed by atoms with Crippen molar-refractivity contribution in [3.05, 3.63) is 0 Å². The van der Waals surface area contributed by atoms with Crippen molar-refractivity contribution in [1.82, 2.24) is 9.80 Å². The van der Waals surface area contributed by atoms with Crippen molar-refractivity contribution in [1.29, 1.82) is 0 Å². The van der Waals surface area contributed by atoms with Gasteiger partial charge in [-0.2, -0.15) is 0 Å². The van der Waals surface area contributed by atoms with E-state index in [-0.39, 0.29) is 0 Å². The van der Waals surface area contributed by atoms with Crippen LogP contribution < -0.4 is 0 Å². The topological polar surface area (TPSA) is 6.48 Å². The third-order valence-corrected chi connectivity index (χ3v) is 3.03. The third kappa shape index (κ3) is 7.34. The van der Waals surface area contributed by atoms with Gasteiger partial charge in [0.1, 0.15) is 0 Å². The van der Waals surface area contributed by atoms with E-state index >= 15 is 0 Å². The highest BCUT2D eigenvalue weighted by molar-refractivity contribution is 4.64. The van der Waals surface area contributed by atoms with Gasteiger partial charge in [-0.05, 0) is 66.0 Å². The van der Waals surface area contributed by atoms with Crippen LogP contribution in [-0.4, -0.2) is 51.1 Å². The molecule has 86 valence electrons. The van der Waals surface area contributed by atoms with E-state index in [4.69, 9.17) is 0 Å². The van der Waals surface area contributed by atoms with Crippen molar-refractivity contribution >= 4 is 0 Å². The fourth-order valence-electron chi connectivity index (χ4n) is 1.49. The van der Waals surface area contributed by atoms with E-state index in [1.54, 1.807) is 0 Å². The summed E-state index contributed by atoms with van der Waals surface area (Å²) >= 11 is 0. The zero-order valence-corrected chi connectivity index (χ0v) is 10.9. The molecular weight excluding hydrogens is 172 g/mol. The van der Waals surface area contributed by atoms with Gasteiger partial charge in [-0.25, -0.2) is 0 Å². The molecule has 0 fully saturated rings. The minimum Gasteiger partial charge on any atom is -0.309 e. The van der Waals surface area contributed by atoms with E-state index in [0.29, 0.717) is 0 Å². The van der Waals surface area contributed by atoms with Crippen LogP contribution in [0.3, 0.4) is 0 Å². The van der Waals surface area contributed by atoms with Gasteiger partial charge in [-0.15, -0.1) is 0 Å². The number of rotatable bonds is 7. The molecule has 0 aromatic heterocycles. The number of hydrogen-bond acceptors (Lipinski definition) is 2. The predicted octanol–water partition coefficient (Wildman–Crippen LogP) is 2.16. The van der Waals surface area contributed by atoms with Crippen LogP contribution in [0, 0.1) is 11.8 Å². The molecule has 0 aromatic carbocycles. The lowest BCUT2D eigenvalue weighted by atomic mass is 9.90. The second-order valence-electron chi connectivity index (χ2n) is 5.14. The molecule has 0 rings (SSSR count). The van der Waals surface area contributed by atoms with Crippen molar-refractivity contribution < 1.29 is 0 Å². The summed E-state index contributed by atoms with van der Waals surface area (Å²) in [7, 11) is 8.60. The summed E-state index contributed by atoms with van der Waals surface area (Å²) in [5.41, 5.74) is 0. The minimum atomic E-state index is 0.845. The molecule has 0 aromatic rings. The fourth-order valence-corrected chi connectivity index (χ4v) is 1.49. The first-order valence-electron chi connectivity index (χ1n) is 5.73. The number of nitrogens with zero attached hydrogens (tertiary/aromatic N) is 2. The molecule has 0 amide bonds. The lowest BCUT2D eigenvalue weighted by Gasteiger charge is -2.23. The van der Waals surface area contributed by atoms with E-state index in [0.717, 1.165) is 11.8 Å². The maximum atomic E-state index is 2.38. The Balaban J connectivity index is 3.59. The second-order valence-corrected chi connectivity index (χ2v) is 5.14. The Kier molecular flexibility index (Phi) is 7.20. The molecule has 0 aliphatic carbocycles. The molecule has 0 N–H and O–H groups in total. The standard InChI is InChI=1S/C12H28N2/c1-11(7-9-13(3)4)12(2)8-10-14(5)6/h11-12H,7-10H2,1-6H3. The van der Waals surface area contributed by atoms with Crippen molar-refractivity contribution in [2.24, 2.45) is 11.8 Å². The van der Waals surface area contributed by atoms with Crippen molar-refractivity contribution in [3.63, 3.8) is 0 Å². The first kappa shape index (κ1) is 13.9. The molecule has 0 aliphatic heterocycles. The second kappa shape index (κ2) is 7.24. The highest BCUT2D eigenvalue weighted by Crippen LogP contribution is 2.18. The molecule has 0 spiro atoms. The molecule has 0 aliphatic rings. The lowest BCUT2D eigenvalue weighted by Crippen LogP contribution is -2.22. The molecule has 0 radical (unpaired) electrons. The first-order chi connectivity index (χ1) is 6.43. The van der Waals surface area contributed by atoms with E-state index in [2.05, 4.69) is 51.8 Å². The zero-order chi connectivity index (χ0) is 11.1. The maximum Gasteiger partial charge on any atom is -0.00222 e. The molecule has 2 unspecified atom stereocenters. The normalized spacial score (nSPS) is 16.3. The van der Waals surface area contributed by atoms with E-state index in [1.807, 2.05) is 0 Å². The smallest absolute Gasteiger partial charge is 0.00222 e. The highest BCUT2D eigenvalue weighted by atomic mass is 15.1. The van der Waals surface area contributed by atoms with E-state index < -0.39 is 0 Å². The van der Waals surface area contributed by atoms with Crippen LogP contribution in [-0.2, 0) is 0 Å². The average molecular weight is 200 g/mol. The van der Waals surface area contributed by atoms with Gasteiger partial charge in [0, 0.05) is 0 Å². The molecule has 14 heavy (non-hydrogen) atoms. The van der Waals surface area contributed by atoms with Crippen molar-refractivity contribution in [2.75, 3.05) is 41.3 Å². The van der Waals surface area contributed by atoms with Crippen LogP contribution in [0.1, 0.15) is 26.7 Å². The van der Waals surface area contributed by atoms with Crippen molar-refractivity contribution in [2.45, 2.75) is 26.7 Å². The lowest BCUT2D eigenvalue weighted by molar-refractivity contribution is 0.268. The first-order valence-corrected chi connectivity index (χ1v) is 5.73. The molecule has 0 saturated heterocycles. The molecular formula is C12H28N2. The van der Waals surface area contributed by atoms with Gasteiger partial charge in [0.15, 0.2) is 0 Å². The number of hydrogen-bond donors (Lipinski definition) is 0. The Morgan fingerprint density at radius 2 is 1.00 bits per heavy atom. The summed E-state index contributed by atoms with van der Waals surface area (Å²) in [4.78, 5) is 4.55. The molecule has 0 saturated carbocycles. The summed E-state index contributed by atoms with van der Waals surface area (Å²) < 4.78 is 0. The Bertz CT molecular complexity index is 116. The summed E-state index contributed by atoms with van der Waals surface area (Å²) in [6.45, 7) is 7.19. The largest absolute Gasteiger partial charge is 0.309 e. The Morgan fingerprint density at radius 1 is 0.714 bits per heavy atom. The molecule has 0 bridgehead atoms. The summed E-state index contributed by atoms with van der Waals surface area (Å²) in [5, 5.41) is 0. The SMILES string of the molecule is CC(CCN(C)C)C(C)CCN(C)C.